The first kappa shape index (κ1) is 11.8. The van der Waals surface area contributed by atoms with Gasteiger partial charge in [0.05, 0.1) is 5.69 Å². The summed E-state index contributed by atoms with van der Waals surface area (Å²) in [6.07, 6.45) is -0.316. The van der Waals surface area contributed by atoms with Crippen LogP contribution in [0.2, 0.25) is 0 Å². The Labute approximate surface area is 100 Å². The Kier molecular flexibility index (Phi) is 3.23. The SMILES string of the molecule is Cc1nnsc1C(=O)Cc1c(F)cccc1F. The molecule has 1 heterocycles. The molecule has 0 aliphatic carbocycles. The number of carbonyl (C=O) groups excluding carboxylic acids is 1. The maximum Gasteiger partial charge on any atom is 0.180 e. The first-order valence-electron chi connectivity index (χ1n) is 4.84. The number of aromatic nitrogens is 2. The summed E-state index contributed by atoms with van der Waals surface area (Å²) in [6, 6.07) is 3.52. The number of hydrogen-bond acceptors (Lipinski definition) is 4. The van der Waals surface area contributed by atoms with E-state index in [-0.39, 0.29) is 17.8 Å². The molecule has 0 fully saturated rings. The lowest BCUT2D eigenvalue weighted by molar-refractivity contribution is 0.0993. The summed E-state index contributed by atoms with van der Waals surface area (Å²) >= 11 is 0.933. The van der Waals surface area contributed by atoms with Gasteiger partial charge in [0.15, 0.2) is 5.78 Å². The molecule has 0 amide bonds. The van der Waals surface area contributed by atoms with Gasteiger partial charge in [-0.3, -0.25) is 4.79 Å². The molecule has 0 aliphatic rings. The summed E-state index contributed by atoms with van der Waals surface area (Å²) in [4.78, 5) is 12.1. The average molecular weight is 254 g/mol. The van der Waals surface area contributed by atoms with Crippen LogP contribution in [0.25, 0.3) is 0 Å². The van der Waals surface area contributed by atoms with Crippen LogP contribution in [0, 0.1) is 18.6 Å². The van der Waals surface area contributed by atoms with Crippen molar-refractivity contribution in [2.45, 2.75) is 13.3 Å². The van der Waals surface area contributed by atoms with Crippen molar-refractivity contribution < 1.29 is 13.6 Å². The molecule has 0 atom stereocenters. The Morgan fingerprint density at radius 2 is 2.00 bits per heavy atom. The van der Waals surface area contributed by atoms with Gasteiger partial charge in [-0.2, -0.15) is 0 Å². The van der Waals surface area contributed by atoms with Gasteiger partial charge in [-0.05, 0) is 30.6 Å². The highest BCUT2D eigenvalue weighted by molar-refractivity contribution is 7.08. The number of Topliss-reactive ketones (excluding diaryl/α,β-unsaturated/α-hetero) is 1. The number of benzene rings is 1. The predicted octanol–water partition coefficient (Wildman–Crippen LogP) is 2.55. The van der Waals surface area contributed by atoms with Crippen LogP contribution in [-0.4, -0.2) is 15.4 Å². The van der Waals surface area contributed by atoms with Gasteiger partial charge in [-0.15, -0.1) is 5.10 Å². The van der Waals surface area contributed by atoms with E-state index in [0.717, 1.165) is 23.7 Å². The molecular weight excluding hydrogens is 246 g/mol. The maximum atomic E-state index is 13.3. The first-order chi connectivity index (χ1) is 8.09. The van der Waals surface area contributed by atoms with E-state index < -0.39 is 11.6 Å². The lowest BCUT2D eigenvalue weighted by atomic mass is 10.1. The fourth-order valence-electron chi connectivity index (χ4n) is 1.43. The molecule has 0 radical (unpaired) electrons. The molecule has 17 heavy (non-hydrogen) atoms. The van der Waals surface area contributed by atoms with Crippen molar-refractivity contribution in [3.63, 3.8) is 0 Å². The van der Waals surface area contributed by atoms with Crippen molar-refractivity contribution in [3.05, 3.63) is 46.0 Å². The third kappa shape index (κ3) is 2.36. The zero-order valence-electron chi connectivity index (χ0n) is 8.91. The molecule has 0 aliphatic heterocycles. The zero-order chi connectivity index (χ0) is 12.4. The minimum Gasteiger partial charge on any atom is -0.293 e. The van der Waals surface area contributed by atoms with Crippen LogP contribution in [-0.2, 0) is 6.42 Å². The molecule has 1 aromatic heterocycles. The van der Waals surface area contributed by atoms with Crippen molar-refractivity contribution in [2.24, 2.45) is 0 Å². The highest BCUT2D eigenvalue weighted by Crippen LogP contribution is 2.17. The molecule has 0 unspecified atom stereocenters. The third-order valence-corrected chi connectivity index (χ3v) is 3.17. The number of carbonyl (C=O) groups is 1. The number of nitrogens with zero attached hydrogens (tertiary/aromatic N) is 2. The summed E-state index contributed by atoms with van der Waals surface area (Å²) in [5, 5.41) is 3.68. The normalized spacial score (nSPS) is 10.5. The molecular formula is C11H8F2N2OS. The second kappa shape index (κ2) is 4.67. The van der Waals surface area contributed by atoms with Crippen molar-refractivity contribution in [1.82, 2.24) is 9.59 Å². The van der Waals surface area contributed by atoms with Gasteiger partial charge < -0.3 is 0 Å². The molecule has 2 aromatic rings. The van der Waals surface area contributed by atoms with E-state index in [2.05, 4.69) is 9.59 Å². The smallest absolute Gasteiger partial charge is 0.180 e. The first-order valence-corrected chi connectivity index (χ1v) is 5.62. The van der Waals surface area contributed by atoms with Crippen LogP contribution >= 0.6 is 11.5 Å². The van der Waals surface area contributed by atoms with E-state index in [4.69, 9.17) is 0 Å². The quantitative estimate of drug-likeness (QED) is 0.790. The van der Waals surface area contributed by atoms with E-state index >= 15 is 0 Å². The molecule has 0 saturated heterocycles. The number of halogens is 2. The minimum absolute atomic E-state index is 0.217. The average Bonchev–Trinajstić information content (AvgIpc) is 2.70. The van der Waals surface area contributed by atoms with E-state index in [0.29, 0.717) is 10.6 Å². The monoisotopic (exact) mass is 254 g/mol. The molecule has 6 heteroatoms. The van der Waals surface area contributed by atoms with Gasteiger partial charge in [-0.25, -0.2) is 8.78 Å². The lowest BCUT2D eigenvalue weighted by Crippen LogP contribution is -2.07. The van der Waals surface area contributed by atoms with Crippen molar-refractivity contribution in [2.75, 3.05) is 0 Å². The third-order valence-electron chi connectivity index (χ3n) is 2.30. The molecule has 0 saturated carbocycles. The van der Waals surface area contributed by atoms with Gasteiger partial charge in [-0.1, -0.05) is 10.6 Å². The van der Waals surface area contributed by atoms with Gasteiger partial charge in [0.25, 0.3) is 0 Å². The topological polar surface area (TPSA) is 42.9 Å². The summed E-state index contributed by atoms with van der Waals surface area (Å²) in [6.45, 7) is 1.63. The number of rotatable bonds is 3. The standard InChI is InChI=1S/C11H8F2N2OS/c1-6-11(17-15-14-6)10(16)5-7-8(12)3-2-4-9(7)13/h2-4H,5H2,1H3. The zero-order valence-corrected chi connectivity index (χ0v) is 9.72. The van der Waals surface area contributed by atoms with Crippen LogP contribution in [0.1, 0.15) is 20.9 Å². The predicted molar refractivity (Wildman–Crippen MR) is 59.0 cm³/mol. The molecule has 2 rings (SSSR count). The highest BCUT2D eigenvalue weighted by Gasteiger charge is 2.18. The fourth-order valence-corrected chi connectivity index (χ4v) is 2.02. The van der Waals surface area contributed by atoms with Crippen LogP contribution in [0.3, 0.4) is 0 Å². The maximum absolute atomic E-state index is 13.3. The summed E-state index contributed by atoms with van der Waals surface area (Å²) in [7, 11) is 0. The number of hydrogen-bond donors (Lipinski definition) is 0. The second-order valence-electron chi connectivity index (χ2n) is 3.49. The van der Waals surface area contributed by atoms with Crippen LogP contribution in [0.4, 0.5) is 8.78 Å². The Hall–Kier alpha value is -1.69. The van der Waals surface area contributed by atoms with E-state index in [1.54, 1.807) is 6.92 Å². The number of aryl methyl sites for hydroxylation is 1. The largest absolute Gasteiger partial charge is 0.293 e. The Morgan fingerprint density at radius 3 is 2.53 bits per heavy atom. The molecule has 3 nitrogen and oxygen atoms in total. The van der Waals surface area contributed by atoms with E-state index in [1.807, 2.05) is 0 Å². The summed E-state index contributed by atoms with van der Waals surface area (Å²) < 4.78 is 30.3. The molecule has 1 aromatic carbocycles. The van der Waals surface area contributed by atoms with Crippen LogP contribution in [0.15, 0.2) is 18.2 Å². The Balaban J connectivity index is 2.28. The van der Waals surface area contributed by atoms with Gasteiger partial charge in [0.1, 0.15) is 16.5 Å². The highest BCUT2D eigenvalue weighted by atomic mass is 32.1. The van der Waals surface area contributed by atoms with Crippen molar-refractivity contribution >= 4 is 17.3 Å². The molecule has 0 spiro atoms. The van der Waals surface area contributed by atoms with Crippen molar-refractivity contribution in [3.8, 4) is 0 Å². The molecule has 0 N–H and O–H groups in total. The second-order valence-corrected chi connectivity index (χ2v) is 4.24. The van der Waals surface area contributed by atoms with E-state index in [9.17, 15) is 13.6 Å². The lowest BCUT2D eigenvalue weighted by Gasteiger charge is -2.02. The molecule has 88 valence electrons. The Bertz CT molecular complexity index is 548. The van der Waals surface area contributed by atoms with Crippen LogP contribution in [0.5, 0.6) is 0 Å². The van der Waals surface area contributed by atoms with Crippen LogP contribution < -0.4 is 0 Å². The molecule has 0 bridgehead atoms. The fraction of sp³-hybridized carbons (Fsp3) is 0.182. The Morgan fingerprint density at radius 1 is 1.35 bits per heavy atom. The number of ketones is 1. The van der Waals surface area contributed by atoms with Gasteiger partial charge in [0.2, 0.25) is 0 Å². The summed E-state index contributed by atoms with van der Waals surface area (Å²) in [5.74, 6) is -1.80. The van der Waals surface area contributed by atoms with Gasteiger partial charge in [0, 0.05) is 12.0 Å². The minimum atomic E-state index is -0.714. The van der Waals surface area contributed by atoms with E-state index in [1.165, 1.54) is 6.07 Å². The summed E-state index contributed by atoms with van der Waals surface area (Å²) in [5.41, 5.74) is 0.266. The van der Waals surface area contributed by atoms with Gasteiger partial charge >= 0.3 is 0 Å². The van der Waals surface area contributed by atoms with Crippen molar-refractivity contribution in [1.29, 1.82) is 0 Å².